The van der Waals surface area contributed by atoms with E-state index >= 15 is 0 Å². The summed E-state index contributed by atoms with van der Waals surface area (Å²) in [7, 11) is 0. The van der Waals surface area contributed by atoms with Crippen molar-refractivity contribution in [2.24, 2.45) is 0 Å². The number of hydrogen-bond acceptors (Lipinski definition) is 3. The van der Waals surface area contributed by atoms with Crippen LogP contribution in [0.2, 0.25) is 0 Å². The fourth-order valence-electron chi connectivity index (χ4n) is 18.2. The molecule has 3 aliphatic rings. The minimum atomic E-state index is -0.360. The van der Waals surface area contributed by atoms with Gasteiger partial charge in [0.1, 0.15) is 11.2 Å². The largest absolute Gasteiger partial charge is 0.456 e. The van der Waals surface area contributed by atoms with Crippen molar-refractivity contribution in [3.8, 4) is 100 Å². The Bertz CT molecular complexity index is 6360. The van der Waals surface area contributed by atoms with Gasteiger partial charge in [0.05, 0.1) is 11.4 Å². The molecule has 16 aromatic carbocycles. The van der Waals surface area contributed by atoms with Crippen molar-refractivity contribution in [2.45, 2.75) is 57.8 Å². The molecular weight excluding hydrogens is 1280 g/mol. The summed E-state index contributed by atoms with van der Waals surface area (Å²) in [5.74, 6) is 0. The molecule has 3 heteroatoms. The van der Waals surface area contributed by atoms with Crippen molar-refractivity contribution in [3.63, 3.8) is 0 Å². The van der Waals surface area contributed by atoms with Gasteiger partial charge in [-0.15, -0.1) is 0 Å². The highest BCUT2D eigenvalue weighted by Crippen LogP contribution is 2.58. The first-order chi connectivity index (χ1) is 51.8. The molecule has 0 fully saturated rings. The normalized spacial score (nSPS) is 13.8. The fourth-order valence-corrected chi connectivity index (χ4v) is 18.2. The average Bonchev–Trinajstić information content (AvgIpc) is 1.56. The predicted molar refractivity (Wildman–Crippen MR) is 446 cm³/mol. The maximum absolute atomic E-state index is 6.75. The summed E-state index contributed by atoms with van der Waals surface area (Å²) in [4.78, 5) is 5.05. The van der Waals surface area contributed by atoms with Gasteiger partial charge in [-0.2, -0.15) is 0 Å². The third-order valence-electron chi connectivity index (χ3n) is 23.6. The van der Waals surface area contributed by atoms with Gasteiger partial charge >= 0.3 is 0 Å². The molecule has 0 radical (unpaired) electrons. The smallest absolute Gasteiger partial charge is 0.137 e. The van der Waals surface area contributed by atoms with Crippen LogP contribution in [0.1, 0.15) is 74.9 Å². The van der Waals surface area contributed by atoms with E-state index in [9.17, 15) is 0 Å². The van der Waals surface area contributed by atoms with Crippen LogP contribution >= 0.6 is 0 Å². The molecule has 3 aliphatic carbocycles. The van der Waals surface area contributed by atoms with Crippen molar-refractivity contribution < 1.29 is 4.42 Å². The van der Waals surface area contributed by atoms with Gasteiger partial charge in [0, 0.05) is 72.5 Å². The van der Waals surface area contributed by atoms with E-state index in [1.54, 1.807) is 0 Å². The number of rotatable bonds is 12. The highest BCUT2D eigenvalue weighted by molar-refractivity contribution is 6.08. The van der Waals surface area contributed by atoms with Crippen LogP contribution in [0.5, 0.6) is 0 Å². The maximum atomic E-state index is 6.75. The number of anilines is 6. The Morgan fingerprint density at radius 2 is 0.594 bits per heavy atom. The topological polar surface area (TPSA) is 19.6 Å². The van der Waals surface area contributed by atoms with Gasteiger partial charge in [-0.05, 0) is 219 Å². The minimum absolute atomic E-state index is 0.200. The second-order valence-corrected chi connectivity index (χ2v) is 30.7. The van der Waals surface area contributed by atoms with E-state index in [2.05, 4.69) is 403 Å². The van der Waals surface area contributed by atoms with Gasteiger partial charge in [-0.3, -0.25) is 0 Å². The molecule has 1 heterocycles. The Kier molecular flexibility index (Phi) is 14.3. The zero-order chi connectivity index (χ0) is 71.2. The fraction of sp³-hybridized carbons (Fsp3) is 0.0874. The van der Waals surface area contributed by atoms with Crippen molar-refractivity contribution in [1.29, 1.82) is 0 Å². The quantitative estimate of drug-likeness (QED) is 0.122. The summed E-state index contributed by atoms with van der Waals surface area (Å²) in [5, 5.41) is 4.64. The lowest BCUT2D eigenvalue weighted by Gasteiger charge is -2.32. The second kappa shape index (κ2) is 24.1. The van der Waals surface area contributed by atoms with Gasteiger partial charge in [0.25, 0.3) is 0 Å². The molecule has 504 valence electrons. The lowest BCUT2D eigenvalue weighted by atomic mass is 9.81. The van der Waals surface area contributed by atoms with Crippen LogP contribution < -0.4 is 9.80 Å². The molecule has 106 heavy (non-hydrogen) atoms. The highest BCUT2D eigenvalue weighted by Gasteiger charge is 2.40. The van der Waals surface area contributed by atoms with E-state index in [1.807, 2.05) is 0 Å². The first kappa shape index (κ1) is 62.9. The SMILES string of the molecule is CC1(C)c2ccccc2-c2ccc(N(c3ccc4c(c3)C(C)(C)c3cc(-c5cccc(-c6cc(-c7ccccc7)c(N(c7ccc8c(c7)C(C)(C)c7ccccc7-8)c7ccc8c(c7)oc7ccccc78)c(-c7ccccc7)c6)c5)ccc3-4)c3ccc(-c4ccccc4)cc3-c3cccc4ccccc34)cc21. The Balaban J connectivity index is 0.723. The molecule has 0 atom stereocenters. The number of benzene rings is 16. The Labute approximate surface area is 620 Å². The molecule has 17 aromatic rings. The molecule has 0 saturated carbocycles. The van der Waals surface area contributed by atoms with Crippen LogP contribution in [0.3, 0.4) is 0 Å². The summed E-state index contributed by atoms with van der Waals surface area (Å²) in [6, 6.07) is 131. The molecular formula is C103H76N2O. The summed E-state index contributed by atoms with van der Waals surface area (Å²) < 4.78 is 6.75. The molecule has 20 rings (SSSR count). The van der Waals surface area contributed by atoms with Crippen LogP contribution in [0.4, 0.5) is 34.1 Å². The lowest BCUT2D eigenvalue weighted by Crippen LogP contribution is -2.18. The number of para-hydroxylation sites is 1. The third-order valence-corrected chi connectivity index (χ3v) is 23.6. The van der Waals surface area contributed by atoms with Gasteiger partial charge < -0.3 is 14.2 Å². The zero-order valence-corrected chi connectivity index (χ0v) is 60.3. The first-order valence-corrected chi connectivity index (χ1v) is 37.2. The Morgan fingerprint density at radius 1 is 0.208 bits per heavy atom. The third kappa shape index (κ3) is 9.94. The molecule has 0 amide bonds. The summed E-state index contributed by atoms with van der Waals surface area (Å²) in [6.45, 7) is 14.4. The van der Waals surface area contributed by atoms with Crippen LogP contribution in [0.25, 0.3) is 133 Å². The predicted octanol–water partition coefficient (Wildman–Crippen LogP) is 28.6. The number of furan rings is 1. The molecule has 1 aromatic heterocycles. The van der Waals surface area contributed by atoms with E-state index < -0.39 is 0 Å². The van der Waals surface area contributed by atoms with Gasteiger partial charge in [-0.1, -0.05) is 296 Å². The van der Waals surface area contributed by atoms with Crippen molar-refractivity contribution >= 4 is 66.8 Å². The molecule has 0 spiro atoms. The highest BCUT2D eigenvalue weighted by atomic mass is 16.3. The summed E-state index contributed by atoms with van der Waals surface area (Å²) in [5.41, 5.74) is 37.0. The first-order valence-electron chi connectivity index (χ1n) is 37.2. The number of fused-ring (bicyclic) bond motifs is 13. The molecule has 0 bridgehead atoms. The Morgan fingerprint density at radius 3 is 1.21 bits per heavy atom. The molecule has 0 aliphatic heterocycles. The summed E-state index contributed by atoms with van der Waals surface area (Å²) in [6.07, 6.45) is 0. The average molecular weight is 1360 g/mol. The van der Waals surface area contributed by atoms with Gasteiger partial charge in [-0.25, -0.2) is 0 Å². The zero-order valence-electron chi connectivity index (χ0n) is 60.3. The second-order valence-electron chi connectivity index (χ2n) is 30.7. The molecule has 0 N–H and O–H groups in total. The molecule has 0 saturated heterocycles. The van der Waals surface area contributed by atoms with E-state index in [0.717, 1.165) is 95.0 Å². The van der Waals surface area contributed by atoms with E-state index in [-0.39, 0.29) is 16.2 Å². The molecule has 0 unspecified atom stereocenters. The van der Waals surface area contributed by atoms with Gasteiger partial charge in [0.2, 0.25) is 0 Å². The van der Waals surface area contributed by atoms with Crippen molar-refractivity contribution in [2.75, 3.05) is 9.80 Å². The summed E-state index contributed by atoms with van der Waals surface area (Å²) >= 11 is 0. The van der Waals surface area contributed by atoms with Crippen LogP contribution in [0, 0.1) is 0 Å². The molecule has 3 nitrogen and oxygen atoms in total. The minimum Gasteiger partial charge on any atom is -0.456 e. The van der Waals surface area contributed by atoms with Crippen molar-refractivity contribution in [1.82, 2.24) is 0 Å². The van der Waals surface area contributed by atoms with E-state index in [4.69, 9.17) is 4.42 Å². The van der Waals surface area contributed by atoms with Crippen molar-refractivity contribution in [3.05, 3.63) is 385 Å². The van der Waals surface area contributed by atoms with Crippen LogP contribution in [-0.2, 0) is 16.2 Å². The van der Waals surface area contributed by atoms with Crippen LogP contribution in [0.15, 0.2) is 356 Å². The monoisotopic (exact) mass is 1360 g/mol. The standard InChI is InChI=1S/C103H76N2O/c1-101(2)91-41-21-18-37-80(91)83-51-46-74(61-94(83)101)104(97-55-45-71(65-26-10-7-11-27-65)57-90(97)79-40-25-33-66-32-16-17-36-78(66)79)75-47-52-85-82-50-44-72(60-93(82)103(5,6)96(85)62-75)69-34-24-35-70(56-69)73-58-88(67-28-12-8-13-29-67)100(89(59-73)68-30-14-9-15-31-68)105(77-49-54-87-86-39-20-23-43-98(86)106-99(87)64-77)76-48-53-84-81-38-19-22-42-92(81)102(3,4)95(84)63-76/h7-64H,1-6H3. The lowest BCUT2D eigenvalue weighted by molar-refractivity contribution is 0.660. The maximum Gasteiger partial charge on any atom is 0.137 e. The Hall–Kier alpha value is -12.8. The van der Waals surface area contributed by atoms with E-state index in [1.165, 1.54) is 105 Å². The number of hydrogen-bond donors (Lipinski definition) is 0. The van der Waals surface area contributed by atoms with Crippen LogP contribution in [-0.4, -0.2) is 0 Å². The van der Waals surface area contributed by atoms with Gasteiger partial charge in [0.15, 0.2) is 0 Å². The number of nitrogens with zero attached hydrogens (tertiary/aromatic N) is 2. The van der Waals surface area contributed by atoms with E-state index in [0.29, 0.717) is 0 Å².